The van der Waals surface area contributed by atoms with Crippen LogP contribution in [0.5, 0.6) is 5.75 Å². The van der Waals surface area contributed by atoms with Gasteiger partial charge < -0.3 is 10.1 Å². The molecule has 18 heavy (non-hydrogen) atoms. The van der Waals surface area contributed by atoms with Crippen LogP contribution in [0.15, 0.2) is 24.3 Å². The fourth-order valence-electron chi connectivity index (χ4n) is 1.85. The van der Waals surface area contributed by atoms with Crippen LogP contribution in [0.3, 0.4) is 0 Å². The van der Waals surface area contributed by atoms with Gasteiger partial charge in [-0.1, -0.05) is 12.1 Å². The van der Waals surface area contributed by atoms with Crippen molar-refractivity contribution in [3.63, 3.8) is 0 Å². The fourth-order valence-corrected chi connectivity index (χ4v) is 1.85. The number of methoxy groups -OCH3 is 1. The summed E-state index contributed by atoms with van der Waals surface area (Å²) in [4.78, 5) is 4.38. The number of rotatable bonds is 4. The number of aryl methyl sites for hydroxylation is 1. The van der Waals surface area contributed by atoms with Crippen molar-refractivity contribution in [1.29, 1.82) is 0 Å². The van der Waals surface area contributed by atoms with E-state index in [4.69, 9.17) is 4.74 Å². The lowest BCUT2D eigenvalue weighted by Gasteiger charge is -2.12. The van der Waals surface area contributed by atoms with Gasteiger partial charge in [-0.15, -0.1) is 0 Å². The number of aromatic nitrogens is 1. The average molecular weight is 252 g/mol. The van der Waals surface area contributed by atoms with Crippen molar-refractivity contribution in [2.24, 2.45) is 0 Å². The third kappa shape index (κ3) is 2.50. The number of para-hydroxylation sites is 1. The highest BCUT2D eigenvalue weighted by Gasteiger charge is 2.09. The van der Waals surface area contributed by atoms with E-state index in [-0.39, 0.29) is 6.54 Å². The van der Waals surface area contributed by atoms with Gasteiger partial charge in [-0.2, -0.15) is 0 Å². The van der Waals surface area contributed by atoms with Gasteiger partial charge in [-0.25, -0.2) is 13.8 Å². The van der Waals surface area contributed by atoms with E-state index < -0.39 is 6.43 Å². The number of benzene rings is 1. The Hall–Kier alpha value is -1.91. The van der Waals surface area contributed by atoms with Crippen LogP contribution in [0.25, 0.3) is 10.9 Å². The zero-order valence-corrected chi connectivity index (χ0v) is 10.2. The zero-order chi connectivity index (χ0) is 13.1. The van der Waals surface area contributed by atoms with Crippen molar-refractivity contribution in [2.75, 3.05) is 19.0 Å². The number of ether oxygens (including phenoxy) is 1. The SMILES string of the molecule is COc1cccc2c(NCC(F)F)cc(C)nc12. The molecule has 0 unspecified atom stereocenters. The van der Waals surface area contributed by atoms with Crippen molar-refractivity contribution >= 4 is 16.6 Å². The molecule has 1 heterocycles. The smallest absolute Gasteiger partial charge is 0.255 e. The van der Waals surface area contributed by atoms with Gasteiger partial charge in [-0.05, 0) is 19.1 Å². The van der Waals surface area contributed by atoms with Crippen molar-refractivity contribution in [1.82, 2.24) is 4.98 Å². The molecule has 0 bridgehead atoms. The standard InChI is InChI=1S/C13H14F2N2O/c1-8-6-10(16-7-12(14)15)9-4-3-5-11(18-2)13(9)17-8/h3-6,12H,7H2,1-2H3,(H,16,17). The Morgan fingerprint density at radius 2 is 2.17 bits per heavy atom. The van der Waals surface area contributed by atoms with Gasteiger partial charge in [0.2, 0.25) is 0 Å². The molecule has 0 atom stereocenters. The molecule has 1 N–H and O–H groups in total. The van der Waals surface area contributed by atoms with Gasteiger partial charge in [-0.3, -0.25) is 0 Å². The number of pyridine rings is 1. The van der Waals surface area contributed by atoms with Crippen LogP contribution in [-0.2, 0) is 0 Å². The Labute approximate surface area is 104 Å². The lowest BCUT2D eigenvalue weighted by molar-refractivity contribution is 0.163. The summed E-state index contributed by atoms with van der Waals surface area (Å²) in [6.07, 6.45) is -2.39. The maximum atomic E-state index is 12.3. The molecule has 96 valence electrons. The lowest BCUT2D eigenvalue weighted by Crippen LogP contribution is -2.11. The van der Waals surface area contributed by atoms with Crippen LogP contribution >= 0.6 is 0 Å². The second kappa shape index (κ2) is 5.16. The zero-order valence-electron chi connectivity index (χ0n) is 10.2. The number of nitrogens with zero attached hydrogens (tertiary/aromatic N) is 1. The summed E-state index contributed by atoms with van der Waals surface area (Å²) in [5.74, 6) is 0.635. The molecular formula is C13H14F2N2O. The van der Waals surface area contributed by atoms with E-state index >= 15 is 0 Å². The summed E-state index contributed by atoms with van der Waals surface area (Å²) in [6.45, 7) is 1.44. The molecule has 0 aliphatic heterocycles. The molecule has 0 fully saturated rings. The van der Waals surface area contributed by atoms with Crippen molar-refractivity contribution < 1.29 is 13.5 Å². The van der Waals surface area contributed by atoms with E-state index in [1.54, 1.807) is 19.2 Å². The van der Waals surface area contributed by atoms with Gasteiger partial charge in [0, 0.05) is 16.8 Å². The summed E-state index contributed by atoms with van der Waals surface area (Å²) in [6, 6.07) is 7.19. The second-order valence-corrected chi connectivity index (χ2v) is 3.94. The molecule has 0 radical (unpaired) electrons. The first-order chi connectivity index (χ1) is 8.61. The molecular weight excluding hydrogens is 238 g/mol. The summed E-state index contributed by atoms with van der Waals surface area (Å²) in [5.41, 5.74) is 2.08. The van der Waals surface area contributed by atoms with Crippen molar-refractivity contribution in [3.05, 3.63) is 30.0 Å². The number of halogens is 2. The maximum Gasteiger partial charge on any atom is 0.255 e. The Balaban J connectivity index is 2.52. The molecule has 0 aliphatic rings. The third-order valence-electron chi connectivity index (χ3n) is 2.60. The minimum absolute atomic E-state index is 0.379. The van der Waals surface area contributed by atoms with Crippen LogP contribution in [0, 0.1) is 6.92 Å². The second-order valence-electron chi connectivity index (χ2n) is 3.94. The molecule has 3 nitrogen and oxygen atoms in total. The summed E-state index contributed by atoms with van der Waals surface area (Å²) in [5, 5.41) is 3.51. The maximum absolute atomic E-state index is 12.3. The number of fused-ring (bicyclic) bond motifs is 1. The van der Waals surface area contributed by atoms with Crippen LogP contribution in [0.2, 0.25) is 0 Å². The van der Waals surface area contributed by atoms with Crippen molar-refractivity contribution in [2.45, 2.75) is 13.3 Å². The van der Waals surface area contributed by atoms with Crippen molar-refractivity contribution in [3.8, 4) is 5.75 Å². The molecule has 0 amide bonds. The molecule has 2 rings (SSSR count). The monoisotopic (exact) mass is 252 g/mol. The Morgan fingerprint density at radius 1 is 1.39 bits per heavy atom. The van der Waals surface area contributed by atoms with Crippen LogP contribution in [0.1, 0.15) is 5.69 Å². The van der Waals surface area contributed by atoms with E-state index in [0.29, 0.717) is 17.0 Å². The largest absolute Gasteiger partial charge is 0.494 e. The Bertz CT molecular complexity index is 558. The molecule has 0 spiro atoms. The number of hydrogen-bond acceptors (Lipinski definition) is 3. The number of hydrogen-bond donors (Lipinski definition) is 1. The average Bonchev–Trinajstić information content (AvgIpc) is 2.35. The van der Waals surface area contributed by atoms with Crippen LogP contribution in [-0.4, -0.2) is 25.1 Å². The van der Waals surface area contributed by atoms with Crippen LogP contribution in [0.4, 0.5) is 14.5 Å². The first-order valence-corrected chi connectivity index (χ1v) is 5.58. The summed E-state index contributed by atoms with van der Waals surface area (Å²) >= 11 is 0. The highest BCUT2D eigenvalue weighted by atomic mass is 19.3. The van der Waals surface area contributed by atoms with Gasteiger partial charge in [0.05, 0.1) is 13.7 Å². The number of alkyl halides is 2. The highest BCUT2D eigenvalue weighted by Crippen LogP contribution is 2.29. The predicted octanol–water partition coefficient (Wildman–Crippen LogP) is 3.23. The first-order valence-electron chi connectivity index (χ1n) is 5.58. The van der Waals surface area contributed by atoms with E-state index in [0.717, 1.165) is 11.1 Å². The van der Waals surface area contributed by atoms with Gasteiger partial charge >= 0.3 is 0 Å². The van der Waals surface area contributed by atoms with Gasteiger partial charge in [0.25, 0.3) is 6.43 Å². The van der Waals surface area contributed by atoms with E-state index in [9.17, 15) is 8.78 Å². The fraction of sp³-hybridized carbons (Fsp3) is 0.308. The lowest BCUT2D eigenvalue weighted by atomic mass is 10.1. The Morgan fingerprint density at radius 3 is 2.83 bits per heavy atom. The summed E-state index contributed by atoms with van der Waals surface area (Å²) < 4.78 is 29.8. The van der Waals surface area contributed by atoms with E-state index in [1.807, 2.05) is 19.1 Å². The minimum Gasteiger partial charge on any atom is -0.494 e. The van der Waals surface area contributed by atoms with Crippen LogP contribution < -0.4 is 10.1 Å². The van der Waals surface area contributed by atoms with E-state index in [2.05, 4.69) is 10.3 Å². The molecule has 0 saturated carbocycles. The number of anilines is 1. The molecule has 5 heteroatoms. The molecule has 1 aromatic carbocycles. The molecule has 0 saturated heterocycles. The molecule has 0 aliphatic carbocycles. The van der Waals surface area contributed by atoms with Gasteiger partial charge in [0.15, 0.2) is 0 Å². The minimum atomic E-state index is -2.39. The summed E-state index contributed by atoms with van der Waals surface area (Å²) in [7, 11) is 1.56. The Kier molecular flexibility index (Phi) is 3.60. The number of nitrogens with one attached hydrogen (secondary N) is 1. The molecule has 2 aromatic rings. The predicted molar refractivity (Wildman–Crippen MR) is 67.5 cm³/mol. The quantitative estimate of drug-likeness (QED) is 0.907. The first kappa shape index (κ1) is 12.5. The topological polar surface area (TPSA) is 34.1 Å². The third-order valence-corrected chi connectivity index (χ3v) is 2.60. The van der Waals surface area contributed by atoms with E-state index in [1.165, 1.54) is 0 Å². The normalized spacial score (nSPS) is 10.9. The highest BCUT2D eigenvalue weighted by molar-refractivity contribution is 5.95. The van der Waals surface area contributed by atoms with Gasteiger partial charge in [0.1, 0.15) is 11.3 Å². The molecule has 1 aromatic heterocycles.